The van der Waals surface area contributed by atoms with Crippen molar-refractivity contribution in [3.63, 3.8) is 0 Å². The van der Waals surface area contributed by atoms with Crippen molar-refractivity contribution < 1.29 is 0 Å². The standard InChI is InChI=1S/C16H21Br/c1-2-13-3-5-14(6-4-13)15-7-10-16(17,11-8-15)12-9-15/h3-6H,2,7-12H2,1H3. The van der Waals surface area contributed by atoms with Crippen LogP contribution in [0.15, 0.2) is 24.3 Å². The van der Waals surface area contributed by atoms with Crippen LogP contribution in [-0.2, 0) is 11.8 Å². The summed E-state index contributed by atoms with van der Waals surface area (Å²) in [6.45, 7) is 2.23. The van der Waals surface area contributed by atoms with Gasteiger partial charge in [-0.1, -0.05) is 47.1 Å². The molecule has 0 atom stereocenters. The lowest BCUT2D eigenvalue weighted by molar-refractivity contribution is 0.162. The highest BCUT2D eigenvalue weighted by Crippen LogP contribution is 2.56. The van der Waals surface area contributed by atoms with Crippen LogP contribution in [-0.4, -0.2) is 4.32 Å². The van der Waals surface area contributed by atoms with Crippen LogP contribution in [0.2, 0.25) is 0 Å². The van der Waals surface area contributed by atoms with E-state index in [-0.39, 0.29) is 0 Å². The summed E-state index contributed by atoms with van der Waals surface area (Å²) < 4.78 is 0.498. The van der Waals surface area contributed by atoms with Crippen molar-refractivity contribution in [2.75, 3.05) is 0 Å². The van der Waals surface area contributed by atoms with Gasteiger partial charge in [0.1, 0.15) is 0 Å². The number of fused-ring (bicyclic) bond motifs is 3. The molecular weight excluding hydrogens is 272 g/mol. The second-order valence-electron chi connectivity index (χ2n) is 5.98. The van der Waals surface area contributed by atoms with Crippen LogP contribution in [0.5, 0.6) is 0 Å². The predicted octanol–water partition coefficient (Wildman–Crippen LogP) is 4.99. The van der Waals surface area contributed by atoms with E-state index in [1.54, 1.807) is 5.56 Å². The van der Waals surface area contributed by atoms with E-state index in [1.165, 1.54) is 44.1 Å². The van der Waals surface area contributed by atoms with Gasteiger partial charge in [-0.05, 0) is 61.5 Å². The third kappa shape index (κ3) is 1.97. The Morgan fingerprint density at radius 3 is 1.94 bits per heavy atom. The number of alkyl halides is 1. The van der Waals surface area contributed by atoms with Gasteiger partial charge in [-0.25, -0.2) is 0 Å². The van der Waals surface area contributed by atoms with Gasteiger partial charge in [-0.15, -0.1) is 0 Å². The van der Waals surface area contributed by atoms with Crippen LogP contribution in [0.1, 0.15) is 56.6 Å². The van der Waals surface area contributed by atoms with Gasteiger partial charge in [0, 0.05) is 4.32 Å². The summed E-state index contributed by atoms with van der Waals surface area (Å²) in [5.41, 5.74) is 3.58. The normalized spacial score (nSPS) is 36.1. The summed E-state index contributed by atoms with van der Waals surface area (Å²) >= 11 is 3.95. The smallest absolute Gasteiger partial charge is 0.0259 e. The fraction of sp³-hybridized carbons (Fsp3) is 0.625. The molecule has 92 valence electrons. The van der Waals surface area contributed by atoms with E-state index < -0.39 is 0 Å². The molecule has 3 aliphatic carbocycles. The Morgan fingerprint density at radius 1 is 0.941 bits per heavy atom. The molecule has 4 rings (SSSR count). The van der Waals surface area contributed by atoms with Crippen molar-refractivity contribution in [2.24, 2.45) is 0 Å². The minimum absolute atomic E-state index is 0.498. The molecule has 3 saturated carbocycles. The van der Waals surface area contributed by atoms with Gasteiger partial charge in [0.15, 0.2) is 0 Å². The van der Waals surface area contributed by atoms with Gasteiger partial charge in [-0.3, -0.25) is 0 Å². The average Bonchev–Trinajstić information content (AvgIpc) is 2.40. The number of halogens is 1. The summed E-state index contributed by atoms with van der Waals surface area (Å²) in [6.07, 6.45) is 9.38. The zero-order valence-corrected chi connectivity index (χ0v) is 12.2. The fourth-order valence-corrected chi connectivity index (χ4v) is 4.26. The molecule has 1 aromatic rings. The van der Waals surface area contributed by atoms with Crippen molar-refractivity contribution >= 4 is 15.9 Å². The van der Waals surface area contributed by atoms with E-state index in [0.717, 1.165) is 6.42 Å². The van der Waals surface area contributed by atoms with Crippen LogP contribution >= 0.6 is 15.9 Å². The number of hydrogen-bond donors (Lipinski definition) is 0. The third-order valence-corrected chi connectivity index (χ3v) is 6.32. The van der Waals surface area contributed by atoms with E-state index in [1.807, 2.05) is 0 Å². The molecule has 0 aromatic heterocycles. The Labute approximate surface area is 113 Å². The van der Waals surface area contributed by atoms with Crippen LogP contribution in [0, 0.1) is 0 Å². The minimum Gasteiger partial charge on any atom is -0.0853 e. The molecule has 2 bridgehead atoms. The average molecular weight is 293 g/mol. The molecule has 0 nitrogen and oxygen atoms in total. The molecule has 0 spiro atoms. The summed E-state index contributed by atoms with van der Waals surface area (Å²) in [5, 5.41) is 0. The highest BCUT2D eigenvalue weighted by Gasteiger charge is 2.47. The first-order valence-electron chi connectivity index (χ1n) is 6.94. The van der Waals surface area contributed by atoms with Gasteiger partial charge >= 0.3 is 0 Å². The molecule has 0 unspecified atom stereocenters. The zero-order chi connectivity index (χ0) is 11.9. The Bertz CT molecular complexity index is 380. The fourth-order valence-electron chi connectivity index (χ4n) is 3.67. The van der Waals surface area contributed by atoms with Crippen molar-refractivity contribution in [1.82, 2.24) is 0 Å². The number of hydrogen-bond acceptors (Lipinski definition) is 0. The molecule has 0 saturated heterocycles. The lowest BCUT2D eigenvalue weighted by Crippen LogP contribution is -2.44. The lowest BCUT2D eigenvalue weighted by atomic mass is 9.58. The largest absolute Gasteiger partial charge is 0.0853 e. The second kappa shape index (κ2) is 4.12. The first kappa shape index (κ1) is 11.8. The van der Waals surface area contributed by atoms with E-state index in [0.29, 0.717) is 9.74 Å². The SMILES string of the molecule is CCc1ccc(C23CCC(Br)(CC2)CC3)cc1. The Balaban J connectivity index is 1.88. The topological polar surface area (TPSA) is 0 Å². The van der Waals surface area contributed by atoms with E-state index in [2.05, 4.69) is 47.1 Å². The molecule has 3 fully saturated rings. The Hall–Kier alpha value is -0.300. The first-order chi connectivity index (χ1) is 8.16. The van der Waals surface area contributed by atoms with Gasteiger partial charge < -0.3 is 0 Å². The highest BCUT2D eigenvalue weighted by atomic mass is 79.9. The molecular formula is C16H21Br. The van der Waals surface area contributed by atoms with Crippen molar-refractivity contribution in [3.8, 4) is 0 Å². The van der Waals surface area contributed by atoms with Gasteiger partial charge in [0.2, 0.25) is 0 Å². The lowest BCUT2D eigenvalue weighted by Gasteiger charge is -2.51. The number of rotatable bonds is 2. The van der Waals surface area contributed by atoms with E-state index in [9.17, 15) is 0 Å². The number of benzene rings is 1. The second-order valence-corrected chi connectivity index (χ2v) is 7.66. The minimum atomic E-state index is 0.498. The molecule has 0 N–H and O–H groups in total. The van der Waals surface area contributed by atoms with Gasteiger partial charge in [-0.2, -0.15) is 0 Å². The molecule has 3 aliphatic rings. The summed E-state index contributed by atoms with van der Waals surface area (Å²) in [5.74, 6) is 0. The van der Waals surface area contributed by atoms with Crippen LogP contribution in [0.25, 0.3) is 0 Å². The molecule has 17 heavy (non-hydrogen) atoms. The quantitative estimate of drug-likeness (QED) is 0.674. The maximum atomic E-state index is 3.95. The summed E-state index contributed by atoms with van der Waals surface area (Å²) in [6, 6.07) is 9.44. The molecule has 0 amide bonds. The molecule has 0 radical (unpaired) electrons. The summed E-state index contributed by atoms with van der Waals surface area (Å²) in [4.78, 5) is 0. The molecule has 0 aliphatic heterocycles. The molecule has 1 heteroatoms. The van der Waals surface area contributed by atoms with E-state index in [4.69, 9.17) is 0 Å². The molecule has 0 heterocycles. The Kier molecular flexibility index (Phi) is 2.85. The van der Waals surface area contributed by atoms with Crippen molar-refractivity contribution in [2.45, 2.75) is 61.6 Å². The van der Waals surface area contributed by atoms with Crippen molar-refractivity contribution in [3.05, 3.63) is 35.4 Å². The van der Waals surface area contributed by atoms with Gasteiger partial charge in [0.25, 0.3) is 0 Å². The van der Waals surface area contributed by atoms with Crippen LogP contribution in [0.4, 0.5) is 0 Å². The maximum absolute atomic E-state index is 3.95. The highest BCUT2D eigenvalue weighted by molar-refractivity contribution is 9.10. The predicted molar refractivity (Wildman–Crippen MR) is 76.9 cm³/mol. The summed E-state index contributed by atoms with van der Waals surface area (Å²) in [7, 11) is 0. The monoisotopic (exact) mass is 292 g/mol. The van der Waals surface area contributed by atoms with Crippen LogP contribution in [0.3, 0.4) is 0 Å². The van der Waals surface area contributed by atoms with Crippen molar-refractivity contribution in [1.29, 1.82) is 0 Å². The third-order valence-electron chi connectivity index (χ3n) is 5.13. The van der Waals surface area contributed by atoms with E-state index >= 15 is 0 Å². The van der Waals surface area contributed by atoms with Crippen LogP contribution < -0.4 is 0 Å². The zero-order valence-electron chi connectivity index (χ0n) is 10.6. The number of aryl methyl sites for hydroxylation is 1. The molecule has 1 aromatic carbocycles. The van der Waals surface area contributed by atoms with Gasteiger partial charge in [0.05, 0.1) is 0 Å². The maximum Gasteiger partial charge on any atom is 0.0259 e. The Morgan fingerprint density at radius 2 is 1.47 bits per heavy atom. The first-order valence-corrected chi connectivity index (χ1v) is 7.74.